The average Bonchev–Trinajstić information content (AvgIpc) is 2.82. The fourth-order valence-electron chi connectivity index (χ4n) is 3.85. The summed E-state index contributed by atoms with van der Waals surface area (Å²) in [4.78, 5) is 52.6. The standard InChI is InChI=1S/C27H34N4O6/c1-27(2,3)37-26(36)29-22(24(33)28-16-19-5-9-20(10-6-19)25(34)35)15-18-7-11-21(12-8-18)31-14-13-30(4)17-23(31)32/h5-12,22H,13-17H2,1-4H3,(H,28,33)(H,29,36)(H,34,35). The minimum atomic E-state index is -1.03. The molecule has 37 heavy (non-hydrogen) atoms. The number of carboxylic acids is 1. The predicted molar refractivity (Wildman–Crippen MR) is 138 cm³/mol. The van der Waals surface area contributed by atoms with Crippen molar-refractivity contribution in [3.8, 4) is 0 Å². The van der Waals surface area contributed by atoms with Crippen molar-refractivity contribution in [2.75, 3.05) is 31.6 Å². The molecule has 10 heteroatoms. The number of amides is 3. The minimum Gasteiger partial charge on any atom is -0.478 e. The molecule has 3 amide bonds. The molecule has 3 rings (SSSR count). The second-order valence-corrected chi connectivity index (χ2v) is 10.1. The number of likely N-dealkylation sites (N-methyl/N-ethyl adjacent to an activating group) is 1. The van der Waals surface area contributed by atoms with Crippen molar-refractivity contribution >= 4 is 29.6 Å². The van der Waals surface area contributed by atoms with E-state index in [0.717, 1.165) is 23.4 Å². The van der Waals surface area contributed by atoms with Crippen molar-refractivity contribution in [3.05, 3.63) is 65.2 Å². The van der Waals surface area contributed by atoms with E-state index >= 15 is 0 Å². The molecule has 1 aliphatic rings. The third-order valence-corrected chi connectivity index (χ3v) is 5.77. The van der Waals surface area contributed by atoms with Gasteiger partial charge in [0.25, 0.3) is 0 Å². The molecular weight excluding hydrogens is 476 g/mol. The van der Waals surface area contributed by atoms with E-state index in [9.17, 15) is 19.2 Å². The number of carbonyl (C=O) groups excluding carboxylic acids is 3. The summed E-state index contributed by atoms with van der Waals surface area (Å²) < 4.78 is 5.34. The number of carbonyl (C=O) groups is 4. The van der Waals surface area contributed by atoms with Crippen LogP contribution in [0.2, 0.25) is 0 Å². The molecule has 2 aromatic carbocycles. The van der Waals surface area contributed by atoms with E-state index in [0.29, 0.717) is 13.1 Å². The van der Waals surface area contributed by atoms with Crippen LogP contribution in [0.5, 0.6) is 0 Å². The Morgan fingerprint density at radius 2 is 1.62 bits per heavy atom. The number of piperazine rings is 1. The zero-order valence-electron chi connectivity index (χ0n) is 21.6. The first-order valence-corrected chi connectivity index (χ1v) is 12.1. The van der Waals surface area contributed by atoms with Gasteiger partial charge in [-0.25, -0.2) is 9.59 Å². The molecule has 1 fully saturated rings. The fourth-order valence-corrected chi connectivity index (χ4v) is 3.85. The summed E-state index contributed by atoms with van der Waals surface area (Å²) in [6, 6.07) is 12.6. The molecule has 1 aliphatic heterocycles. The topological polar surface area (TPSA) is 128 Å². The number of rotatable bonds is 8. The maximum Gasteiger partial charge on any atom is 0.408 e. The lowest BCUT2D eigenvalue weighted by Crippen LogP contribution is -2.49. The van der Waals surface area contributed by atoms with E-state index in [1.165, 1.54) is 12.1 Å². The van der Waals surface area contributed by atoms with E-state index in [1.54, 1.807) is 37.8 Å². The Morgan fingerprint density at radius 1 is 1.00 bits per heavy atom. The van der Waals surface area contributed by atoms with E-state index in [-0.39, 0.29) is 24.4 Å². The van der Waals surface area contributed by atoms with Crippen LogP contribution in [0.25, 0.3) is 0 Å². The number of alkyl carbamates (subject to hydrolysis) is 1. The molecule has 10 nitrogen and oxygen atoms in total. The van der Waals surface area contributed by atoms with Gasteiger partial charge >= 0.3 is 12.1 Å². The van der Waals surface area contributed by atoms with Crippen molar-refractivity contribution in [3.63, 3.8) is 0 Å². The fraction of sp³-hybridized carbons (Fsp3) is 0.407. The SMILES string of the molecule is CN1CCN(c2ccc(CC(NC(=O)OC(C)(C)C)C(=O)NCc3ccc(C(=O)O)cc3)cc2)C(=O)C1. The Morgan fingerprint density at radius 3 is 2.19 bits per heavy atom. The molecule has 198 valence electrons. The van der Waals surface area contributed by atoms with Crippen LogP contribution in [0.15, 0.2) is 48.5 Å². The van der Waals surface area contributed by atoms with E-state index in [2.05, 4.69) is 10.6 Å². The number of hydrogen-bond acceptors (Lipinski definition) is 6. The average molecular weight is 511 g/mol. The van der Waals surface area contributed by atoms with Gasteiger partial charge in [-0.2, -0.15) is 0 Å². The normalized spacial score (nSPS) is 15.1. The van der Waals surface area contributed by atoms with Crippen molar-refractivity contribution in [1.29, 1.82) is 0 Å². The molecule has 2 aromatic rings. The summed E-state index contributed by atoms with van der Waals surface area (Å²) in [5.74, 6) is -1.41. The van der Waals surface area contributed by atoms with Gasteiger partial charge in [-0.15, -0.1) is 0 Å². The van der Waals surface area contributed by atoms with Crippen LogP contribution in [0.4, 0.5) is 10.5 Å². The summed E-state index contributed by atoms with van der Waals surface area (Å²) in [6.45, 7) is 7.13. The lowest BCUT2D eigenvalue weighted by Gasteiger charge is -2.32. The molecule has 0 bridgehead atoms. The molecule has 1 saturated heterocycles. The predicted octanol–water partition coefficient (Wildman–Crippen LogP) is 2.42. The van der Waals surface area contributed by atoms with E-state index < -0.39 is 29.6 Å². The van der Waals surface area contributed by atoms with Crippen LogP contribution in [0.1, 0.15) is 42.3 Å². The smallest absolute Gasteiger partial charge is 0.408 e. The maximum atomic E-state index is 13.1. The van der Waals surface area contributed by atoms with E-state index in [4.69, 9.17) is 9.84 Å². The number of carboxylic acid groups (broad SMARTS) is 1. The van der Waals surface area contributed by atoms with Crippen molar-refractivity contribution in [2.24, 2.45) is 0 Å². The van der Waals surface area contributed by atoms with Gasteiger partial charge in [-0.3, -0.25) is 14.5 Å². The summed E-state index contributed by atoms with van der Waals surface area (Å²) in [5.41, 5.74) is 1.73. The molecule has 0 saturated carbocycles. The number of anilines is 1. The molecule has 1 unspecified atom stereocenters. The second kappa shape index (κ2) is 11.9. The van der Waals surface area contributed by atoms with Gasteiger partial charge in [0.1, 0.15) is 11.6 Å². The highest BCUT2D eigenvalue weighted by Gasteiger charge is 2.26. The molecular formula is C27H34N4O6. The Bertz CT molecular complexity index is 1130. The summed E-state index contributed by atoms with van der Waals surface area (Å²) in [7, 11) is 1.91. The summed E-state index contributed by atoms with van der Waals surface area (Å²) in [6.07, 6.45) is -0.502. The third kappa shape index (κ3) is 8.32. The molecule has 3 N–H and O–H groups in total. The Balaban J connectivity index is 1.69. The van der Waals surface area contributed by atoms with Gasteiger partial charge in [-0.1, -0.05) is 24.3 Å². The van der Waals surface area contributed by atoms with Crippen LogP contribution in [-0.2, 0) is 27.3 Å². The van der Waals surface area contributed by atoms with Crippen LogP contribution in [-0.4, -0.2) is 72.2 Å². The molecule has 0 aliphatic carbocycles. The zero-order chi connectivity index (χ0) is 27.2. The Labute approximate surface area is 216 Å². The highest BCUT2D eigenvalue weighted by atomic mass is 16.6. The molecule has 0 aromatic heterocycles. The lowest BCUT2D eigenvalue weighted by atomic mass is 10.0. The maximum absolute atomic E-state index is 13.1. The zero-order valence-corrected chi connectivity index (χ0v) is 21.6. The quantitative estimate of drug-likeness (QED) is 0.498. The van der Waals surface area contributed by atoms with E-state index in [1.807, 2.05) is 36.2 Å². The van der Waals surface area contributed by atoms with Crippen molar-refractivity contribution in [2.45, 2.75) is 45.4 Å². The molecule has 1 atom stereocenters. The van der Waals surface area contributed by atoms with Gasteiger partial charge in [0.2, 0.25) is 11.8 Å². The van der Waals surface area contributed by atoms with Gasteiger partial charge in [0.15, 0.2) is 0 Å². The van der Waals surface area contributed by atoms with Gasteiger partial charge in [-0.05, 0) is 63.2 Å². The van der Waals surface area contributed by atoms with Crippen molar-refractivity contribution < 1.29 is 29.0 Å². The number of nitrogens with zero attached hydrogens (tertiary/aromatic N) is 2. The minimum absolute atomic E-state index is 0.0294. The first-order chi connectivity index (χ1) is 17.4. The largest absolute Gasteiger partial charge is 0.478 e. The van der Waals surface area contributed by atoms with Gasteiger partial charge in [0.05, 0.1) is 12.1 Å². The first-order valence-electron chi connectivity index (χ1n) is 12.1. The number of benzene rings is 2. The molecule has 0 radical (unpaired) electrons. The monoisotopic (exact) mass is 510 g/mol. The molecule has 0 spiro atoms. The highest BCUT2D eigenvalue weighted by Crippen LogP contribution is 2.19. The number of nitrogens with one attached hydrogen (secondary N) is 2. The third-order valence-electron chi connectivity index (χ3n) is 5.77. The van der Waals surface area contributed by atoms with Gasteiger partial charge in [0, 0.05) is 31.7 Å². The van der Waals surface area contributed by atoms with Gasteiger partial charge < -0.3 is 25.4 Å². The summed E-state index contributed by atoms with van der Waals surface area (Å²) >= 11 is 0. The highest BCUT2D eigenvalue weighted by molar-refractivity contribution is 5.95. The van der Waals surface area contributed by atoms with Crippen LogP contribution in [0, 0.1) is 0 Å². The lowest BCUT2D eigenvalue weighted by molar-refractivity contribution is -0.123. The van der Waals surface area contributed by atoms with Crippen molar-refractivity contribution in [1.82, 2.24) is 15.5 Å². The van der Waals surface area contributed by atoms with Crippen LogP contribution >= 0.6 is 0 Å². The number of hydrogen-bond donors (Lipinski definition) is 3. The molecule has 1 heterocycles. The Hall–Kier alpha value is -3.92. The summed E-state index contributed by atoms with van der Waals surface area (Å²) in [5, 5.41) is 14.5. The Kier molecular flexibility index (Phi) is 8.88. The van der Waals surface area contributed by atoms with Crippen LogP contribution in [0.3, 0.4) is 0 Å². The first kappa shape index (κ1) is 27.7. The van der Waals surface area contributed by atoms with Crippen LogP contribution < -0.4 is 15.5 Å². The number of aromatic carboxylic acids is 1. The number of ether oxygens (including phenoxy) is 1. The second-order valence-electron chi connectivity index (χ2n) is 10.1.